The first-order valence-corrected chi connectivity index (χ1v) is 11.3. The first-order valence-electron chi connectivity index (χ1n) is 11.3. The van der Waals surface area contributed by atoms with Crippen molar-refractivity contribution in [2.75, 3.05) is 6.61 Å². The second kappa shape index (κ2) is 10.5. The van der Waals surface area contributed by atoms with E-state index in [4.69, 9.17) is 4.74 Å². The molecule has 0 fully saturated rings. The topological polar surface area (TPSA) is 105 Å². The van der Waals surface area contributed by atoms with E-state index in [0.717, 1.165) is 22.3 Å². The molecule has 0 spiro atoms. The number of ether oxygens (including phenoxy) is 1. The van der Waals surface area contributed by atoms with Crippen molar-refractivity contribution in [1.82, 2.24) is 10.6 Å². The van der Waals surface area contributed by atoms with Gasteiger partial charge in [-0.05, 0) is 40.5 Å². The lowest BCUT2D eigenvalue weighted by molar-refractivity contribution is -0.142. The van der Waals surface area contributed by atoms with Crippen molar-refractivity contribution >= 4 is 18.0 Å². The number of carbonyl (C=O) groups excluding carboxylic acids is 2. The minimum Gasteiger partial charge on any atom is -0.480 e. The molecule has 2 amide bonds. The van der Waals surface area contributed by atoms with Gasteiger partial charge in [0.25, 0.3) is 0 Å². The van der Waals surface area contributed by atoms with Crippen LogP contribution in [0.5, 0.6) is 0 Å². The standard InChI is InChI=1S/C26H32N2O5/c1-15(2)13-22(25(30)31)27-24(29)23(16(3)4)28-26(32)33-14-21-19-11-7-5-9-17(19)18-10-6-8-12-20(18)21/h5-12,15-16,21-23H,13-14H2,1-4H3,(H,27,29)(H,28,32)(H,30,31)/t22-,23?/m0/s1. The molecule has 0 heterocycles. The Morgan fingerprint density at radius 3 is 1.94 bits per heavy atom. The number of hydrogen-bond donors (Lipinski definition) is 3. The maximum absolute atomic E-state index is 12.8. The van der Waals surface area contributed by atoms with Gasteiger partial charge in [0.05, 0.1) is 0 Å². The molecule has 1 aliphatic rings. The number of nitrogens with one attached hydrogen (secondary N) is 2. The number of carboxylic acids is 1. The molecule has 0 saturated carbocycles. The molecular formula is C26H32N2O5. The number of hydrogen-bond acceptors (Lipinski definition) is 4. The Bertz CT molecular complexity index is 972. The van der Waals surface area contributed by atoms with Crippen molar-refractivity contribution in [2.24, 2.45) is 11.8 Å². The van der Waals surface area contributed by atoms with Crippen LogP contribution in [0.3, 0.4) is 0 Å². The molecule has 176 valence electrons. The van der Waals surface area contributed by atoms with E-state index in [1.807, 2.05) is 50.2 Å². The molecule has 0 aromatic heterocycles. The molecule has 0 bridgehead atoms. The van der Waals surface area contributed by atoms with Crippen LogP contribution < -0.4 is 10.6 Å². The highest BCUT2D eigenvalue weighted by Crippen LogP contribution is 2.44. The number of fused-ring (bicyclic) bond motifs is 3. The van der Waals surface area contributed by atoms with E-state index in [1.54, 1.807) is 13.8 Å². The fraction of sp³-hybridized carbons (Fsp3) is 0.423. The fourth-order valence-corrected chi connectivity index (χ4v) is 4.26. The molecule has 7 nitrogen and oxygen atoms in total. The molecule has 2 aromatic rings. The summed E-state index contributed by atoms with van der Waals surface area (Å²) < 4.78 is 5.54. The Morgan fingerprint density at radius 1 is 0.909 bits per heavy atom. The summed E-state index contributed by atoms with van der Waals surface area (Å²) in [6.07, 6.45) is -0.405. The van der Waals surface area contributed by atoms with Gasteiger partial charge in [0, 0.05) is 5.92 Å². The SMILES string of the molecule is CC(C)C[C@H](NC(=O)C(NC(=O)OCC1c2ccccc2-c2ccccc21)C(C)C)C(=O)O. The second-order valence-corrected chi connectivity index (χ2v) is 9.22. The van der Waals surface area contributed by atoms with Crippen molar-refractivity contribution in [3.8, 4) is 11.1 Å². The summed E-state index contributed by atoms with van der Waals surface area (Å²) in [5.74, 6) is -1.87. The molecule has 0 aliphatic heterocycles. The van der Waals surface area contributed by atoms with Gasteiger partial charge in [-0.1, -0.05) is 76.2 Å². The van der Waals surface area contributed by atoms with Crippen LogP contribution in [0.4, 0.5) is 4.79 Å². The number of alkyl carbamates (subject to hydrolysis) is 1. The number of aliphatic carboxylic acids is 1. The monoisotopic (exact) mass is 452 g/mol. The van der Waals surface area contributed by atoms with Crippen LogP contribution in [0.25, 0.3) is 11.1 Å². The molecule has 2 atom stereocenters. The average Bonchev–Trinajstić information content (AvgIpc) is 3.08. The summed E-state index contributed by atoms with van der Waals surface area (Å²) in [6, 6.07) is 14.2. The summed E-state index contributed by atoms with van der Waals surface area (Å²) in [4.78, 5) is 36.9. The minimum absolute atomic E-state index is 0.0862. The van der Waals surface area contributed by atoms with Gasteiger partial charge in [-0.3, -0.25) is 4.79 Å². The van der Waals surface area contributed by atoms with Crippen LogP contribution in [-0.4, -0.2) is 41.8 Å². The van der Waals surface area contributed by atoms with Crippen LogP contribution in [0, 0.1) is 11.8 Å². The van der Waals surface area contributed by atoms with E-state index >= 15 is 0 Å². The van der Waals surface area contributed by atoms with Crippen molar-refractivity contribution in [1.29, 1.82) is 0 Å². The van der Waals surface area contributed by atoms with Crippen molar-refractivity contribution in [2.45, 2.75) is 52.1 Å². The first-order chi connectivity index (χ1) is 15.7. The number of rotatable bonds is 9. The van der Waals surface area contributed by atoms with Crippen molar-refractivity contribution in [3.63, 3.8) is 0 Å². The number of amides is 2. The number of carbonyl (C=O) groups is 3. The maximum atomic E-state index is 12.8. The lowest BCUT2D eigenvalue weighted by Crippen LogP contribution is -2.54. The second-order valence-electron chi connectivity index (χ2n) is 9.22. The lowest BCUT2D eigenvalue weighted by atomic mass is 9.98. The minimum atomic E-state index is -1.10. The van der Waals surface area contributed by atoms with Gasteiger partial charge in [0.2, 0.25) is 5.91 Å². The molecule has 3 N–H and O–H groups in total. The third-order valence-corrected chi connectivity index (χ3v) is 5.89. The Hall–Kier alpha value is -3.35. The molecule has 2 aromatic carbocycles. The number of carboxylic acid groups (broad SMARTS) is 1. The van der Waals surface area contributed by atoms with Gasteiger partial charge in [0.1, 0.15) is 18.7 Å². The van der Waals surface area contributed by atoms with Crippen LogP contribution >= 0.6 is 0 Å². The van der Waals surface area contributed by atoms with Crippen LogP contribution in [0.15, 0.2) is 48.5 Å². The summed E-state index contributed by atoms with van der Waals surface area (Å²) in [5.41, 5.74) is 4.46. The molecule has 3 rings (SSSR count). The molecular weight excluding hydrogens is 420 g/mol. The van der Waals surface area contributed by atoms with Gasteiger partial charge >= 0.3 is 12.1 Å². The summed E-state index contributed by atoms with van der Waals surface area (Å²) in [6.45, 7) is 7.48. The van der Waals surface area contributed by atoms with Crippen LogP contribution in [0.2, 0.25) is 0 Å². The predicted molar refractivity (Wildman–Crippen MR) is 126 cm³/mol. The smallest absolute Gasteiger partial charge is 0.407 e. The highest BCUT2D eigenvalue weighted by atomic mass is 16.5. The lowest BCUT2D eigenvalue weighted by Gasteiger charge is -2.24. The fourth-order valence-electron chi connectivity index (χ4n) is 4.26. The highest BCUT2D eigenvalue weighted by Gasteiger charge is 2.31. The summed E-state index contributed by atoms with van der Waals surface area (Å²) in [5, 5.41) is 14.6. The third kappa shape index (κ3) is 5.72. The predicted octanol–water partition coefficient (Wildman–Crippen LogP) is 4.17. The van der Waals surface area contributed by atoms with Gasteiger partial charge < -0.3 is 20.5 Å². The zero-order valence-electron chi connectivity index (χ0n) is 19.5. The van der Waals surface area contributed by atoms with Gasteiger partial charge in [-0.25, -0.2) is 9.59 Å². The third-order valence-electron chi connectivity index (χ3n) is 5.89. The molecule has 0 radical (unpaired) electrons. The molecule has 0 saturated heterocycles. The normalized spacial score (nSPS) is 14.4. The van der Waals surface area contributed by atoms with Gasteiger partial charge in [0.15, 0.2) is 0 Å². The highest BCUT2D eigenvalue weighted by molar-refractivity contribution is 5.89. The first kappa shape index (κ1) is 24.3. The van der Waals surface area contributed by atoms with E-state index in [0.29, 0.717) is 6.42 Å². The molecule has 33 heavy (non-hydrogen) atoms. The van der Waals surface area contributed by atoms with Crippen molar-refractivity contribution < 1.29 is 24.2 Å². The number of benzene rings is 2. The Morgan fingerprint density at radius 2 is 1.45 bits per heavy atom. The zero-order chi connectivity index (χ0) is 24.1. The Labute approximate surface area is 194 Å². The van der Waals surface area contributed by atoms with Crippen LogP contribution in [-0.2, 0) is 14.3 Å². The molecule has 1 unspecified atom stereocenters. The Kier molecular flexibility index (Phi) is 7.74. The summed E-state index contributed by atoms with van der Waals surface area (Å²) in [7, 11) is 0. The van der Waals surface area contributed by atoms with Crippen molar-refractivity contribution in [3.05, 3.63) is 59.7 Å². The van der Waals surface area contributed by atoms with E-state index in [-0.39, 0.29) is 24.4 Å². The quantitative estimate of drug-likeness (QED) is 0.530. The van der Waals surface area contributed by atoms with E-state index < -0.39 is 30.1 Å². The Balaban J connectivity index is 1.65. The molecule has 1 aliphatic carbocycles. The summed E-state index contributed by atoms with van der Waals surface area (Å²) >= 11 is 0. The van der Waals surface area contributed by atoms with E-state index in [1.165, 1.54) is 0 Å². The van der Waals surface area contributed by atoms with Crippen LogP contribution in [0.1, 0.15) is 51.2 Å². The largest absolute Gasteiger partial charge is 0.480 e. The van der Waals surface area contributed by atoms with Gasteiger partial charge in [-0.15, -0.1) is 0 Å². The maximum Gasteiger partial charge on any atom is 0.407 e. The molecule has 7 heteroatoms. The zero-order valence-corrected chi connectivity index (χ0v) is 19.5. The van der Waals surface area contributed by atoms with Gasteiger partial charge in [-0.2, -0.15) is 0 Å². The average molecular weight is 453 g/mol. The van der Waals surface area contributed by atoms with E-state index in [9.17, 15) is 19.5 Å². The van der Waals surface area contributed by atoms with E-state index in [2.05, 4.69) is 22.8 Å².